The number of allylic oxidation sites excluding steroid dienone is 2. The van der Waals surface area contributed by atoms with E-state index in [1.807, 2.05) is 13.0 Å². The van der Waals surface area contributed by atoms with Crippen molar-refractivity contribution < 1.29 is 0 Å². The Labute approximate surface area is 62.2 Å². The van der Waals surface area contributed by atoms with Crippen LogP contribution in [0.3, 0.4) is 0 Å². The highest BCUT2D eigenvalue weighted by atomic mass is 35.5. The molecule has 0 saturated heterocycles. The number of alkyl halides is 1. The predicted octanol–water partition coefficient (Wildman–Crippen LogP) is 3.14. The first-order valence-electron chi connectivity index (χ1n) is 3.06. The molecule has 1 unspecified atom stereocenters. The first-order valence-corrected chi connectivity index (χ1v) is 3.43. The summed E-state index contributed by atoms with van der Waals surface area (Å²) in [5.41, 5.74) is 0. The molecule has 0 aliphatic heterocycles. The summed E-state index contributed by atoms with van der Waals surface area (Å²) < 4.78 is 0. The molecule has 9 heavy (non-hydrogen) atoms. The Kier molecular flexibility index (Phi) is 3.64. The zero-order valence-corrected chi connectivity index (χ0v) is 6.62. The fourth-order valence-corrected chi connectivity index (χ4v) is 0.595. The van der Waals surface area contributed by atoms with Gasteiger partial charge in [0, 0.05) is 0 Å². The second-order valence-corrected chi connectivity index (χ2v) is 3.17. The predicted molar refractivity (Wildman–Crippen MR) is 43.9 cm³/mol. The van der Waals surface area contributed by atoms with Gasteiger partial charge in [-0.05, 0) is 19.8 Å². The summed E-state index contributed by atoms with van der Waals surface area (Å²) in [4.78, 5) is -0.242. The molecule has 0 radical (unpaired) electrons. The molecule has 0 heterocycles. The van der Waals surface area contributed by atoms with Crippen molar-refractivity contribution in [1.29, 1.82) is 0 Å². The lowest BCUT2D eigenvalue weighted by atomic mass is 10.1. The Hall–Kier alpha value is -0.230. The van der Waals surface area contributed by atoms with Gasteiger partial charge in [-0.2, -0.15) is 0 Å². The molecule has 1 atom stereocenters. The van der Waals surface area contributed by atoms with Crippen LogP contribution in [-0.2, 0) is 0 Å². The Morgan fingerprint density at radius 1 is 1.56 bits per heavy atom. The third kappa shape index (κ3) is 4.28. The summed E-state index contributed by atoms with van der Waals surface area (Å²) in [6, 6.07) is 0. The molecule has 0 aliphatic rings. The second kappa shape index (κ2) is 3.73. The number of rotatable bonds is 4. The minimum atomic E-state index is -0.242. The average molecular weight is 145 g/mol. The summed E-state index contributed by atoms with van der Waals surface area (Å²) in [5, 5.41) is 0. The van der Waals surface area contributed by atoms with Crippen molar-refractivity contribution in [2.24, 2.45) is 0 Å². The van der Waals surface area contributed by atoms with E-state index >= 15 is 0 Å². The van der Waals surface area contributed by atoms with E-state index < -0.39 is 0 Å². The van der Waals surface area contributed by atoms with Crippen molar-refractivity contribution in [3.63, 3.8) is 0 Å². The maximum atomic E-state index is 5.93. The molecular formula is C8H13Cl. The lowest BCUT2D eigenvalue weighted by molar-refractivity contribution is 0.699. The molecule has 0 spiro atoms. The molecule has 1 heteroatoms. The molecule has 0 fully saturated rings. The van der Waals surface area contributed by atoms with Gasteiger partial charge in [0.25, 0.3) is 0 Å². The third-order valence-electron chi connectivity index (χ3n) is 1.26. The van der Waals surface area contributed by atoms with E-state index in [4.69, 9.17) is 11.6 Å². The maximum absolute atomic E-state index is 5.93. The van der Waals surface area contributed by atoms with Crippen LogP contribution in [0.15, 0.2) is 25.3 Å². The van der Waals surface area contributed by atoms with Crippen LogP contribution in [0, 0.1) is 0 Å². The standard InChI is InChI=1S/C8H13Cl/c1-4-6-7-8(3,9)5-2/h4-5H,1-2,6-7H2,3H3. The van der Waals surface area contributed by atoms with Gasteiger partial charge in [0.15, 0.2) is 0 Å². The van der Waals surface area contributed by atoms with Gasteiger partial charge in [-0.3, -0.25) is 0 Å². The second-order valence-electron chi connectivity index (χ2n) is 2.31. The molecule has 0 bridgehead atoms. The summed E-state index contributed by atoms with van der Waals surface area (Å²) in [6.07, 6.45) is 5.50. The van der Waals surface area contributed by atoms with Gasteiger partial charge in [-0.15, -0.1) is 24.8 Å². The van der Waals surface area contributed by atoms with Crippen LogP contribution in [0.1, 0.15) is 19.8 Å². The van der Waals surface area contributed by atoms with Gasteiger partial charge < -0.3 is 0 Å². The molecule has 0 aromatic rings. The molecular weight excluding hydrogens is 132 g/mol. The molecule has 0 aromatic carbocycles. The van der Waals surface area contributed by atoms with Gasteiger partial charge in [0.2, 0.25) is 0 Å². The molecule has 0 nitrogen and oxygen atoms in total. The van der Waals surface area contributed by atoms with Gasteiger partial charge in [0.05, 0.1) is 4.87 Å². The molecule has 0 saturated carbocycles. The van der Waals surface area contributed by atoms with Crippen molar-refractivity contribution in [2.75, 3.05) is 0 Å². The Morgan fingerprint density at radius 3 is 2.44 bits per heavy atom. The normalized spacial score (nSPS) is 16.2. The summed E-state index contributed by atoms with van der Waals surface area (Å²) in [6.45, 7) is 9.17. The summed E-state index contributed by atoms with van der Waals surface area (Å²) >= 11 is 5.93. The Morgan fingerprint density at radius 2 is 2.11 bits per heavy atom. The first kappa shape index (κ1) is 8.77. The molecule has 0 amide bonds. The fraction of sp³-hybridized carbons (Fsp3) is 0.500. The van der Waals surface area contributed by atoms with Crippen molar-refractivity contribution >= 4 is 11.6 Å². The Balaban J connectivity index is 3.57. The average Bonchev–Trinajstić information content (AvgIpc) is 1.84. The number of hydrogen-bond donors (Lipinski definition) is 0. The van der Waals surface area contributed by atoms with E-state index in [1.54, 1.807) is 6.08 Å². The monoisotopic (exact) mass is 144 g/mol. The van der Waals surface area contributed by atoms with Gasteiger partial charge in [-0.1, -0.05) is 12.2 Å². The van der Waals surface area contributed by atoms with Crippen LogP contribution in [0.4, 0.5) is 0 Å². The smallest absolute Gasteiger partial charge is 0.0598 e. The van der Waals surface area contributed by atoms with E-state index in [0.717, 1.165) is 12.8 Å². The van der Waals surface area contributed by atoms with Gasteiger partial charge in [0.1, 0.15) is 0 Å². The molecule has 0 N–H and O–H groups in total. The van der Waals surface area contributed by atoms with Gasteiger partial charge in [-0.25, -0.2) is 0 Å². The van der Waals surface area contributed by atoms with Gasteiger partial charge >= 0.3 is 0 Å². The number of hydrogen-bond acceptors (Lipinski definition) is 0. The number of halogens is 1. The van der Waals surface area contributed by atoms with E-state index in [1.165, 1.54) is 0 Å². The van der Waals surface area contributed by atoms with Crippen molar-refractivity contribution in [2.45, 2.75) is 24.6 Å². The van der Waals surface area contributed by atoms with Crippen molar-refractivity contribution in [1.82, 2.24) is 0 Å². The first-order chi connectivity index (χ1) is 4.12. The summed E-state index contributed by atoms with van der Waals surface area (Å²) in [5.74, 6) is 0. The van der Waals surface area contributed by atoms with Crippen molar-refractivity contribution in [3.05, 3.63) is 25.3 Å². The maximum Gasteiger partial charge on any atom is 0.0598 e. The quantitative estimate of drug-likeness (QED) is 0.420. The minimum absolute atomic E-state index is 0.242. The zero-order chi connectivity index (χ0) is 7.33. The molecule has 52 valence electrons. The van der Waals surface area contributed by atoms with E-state index in [9.17, 15) is 0 Å². The van der Waals surface area contributed by atoms with Crippen LogP contribution >= 0.6 is 11.6 Å². The lowest BCUT2D eigenvalue weighted by Crippen LogP contribution is -2.10. The minimum Gasteiger partial charge on any atom is -0.115 e. The van der Waals surface area contributed by atoms with E-state index in [0.29, 0.717) is 0 Å². The van der Waals surface area contributed by atoms with E-state index in [-0.39, 0.29) is 4.87 Å². The highest BCUT2D eigenvalue weighted by Gasteiger charge is 2.13. The SMILES string of the molecule is C=CCCC(C)(Cl)C=C. The molecule has 0 aromatic heterocycles. The Bertz CT molecular complexity index is 103. The molecule has 0 rings (SSSR count). The third-order valence-corrected chi connectivity index (χ3v) is 1.61. The van der Waals surface area contributed by atoms with Crippen LogP contribution in [0.5, 0.6) is 0 Å². The van der Waals surface area contributed by atoms with E-state index in [2.05, 4.69) is 13.2 Å². The van der Waals surface area contributed by atoms with Crippen LogP contribution in [0.2, 0.25) is 0 Å². The van der Waals surface area contributed by atoms with Crippen molar-refractivity contribution in [3.8, 4) is 0 Å². The highest BCUT2D eigenvalue weighted by Crippen LogP contribution is 2.21. The highest BCUT2D eigenvalue weighted by molar-refractivity contribution is 6.24. The zero-order valence-electron chi connectivity index (χ0n) is 5.86. The topological polar surface area (TPSA) is 0 Å². The van der Waals surface area contributed by atoms with Crippen LogP contribution in [0.25, 0.3) is 0 Å². The lowest BCUT2D eigenvalue weighted by Gasteiger charge is -2.14. The van der Waals surface area contributed by atoms with Crippen LogP contribution in [-0.4, -0.2) is 4.87 Å². The largest absolute Gasteiger partial charge is 0.115 e. The molecule has 0 aliphatic carbocycles. The fourth-order valence-electron chi connectivity index (χ4n) is 0.486. The summed E-state index contributed by atoms with van der Waals surface area (Å²) in [7, 11) is 0. The van der Waals surface area contributed by atoms with Crippen LogP contribution < -0.4 is 0 Å².